The molecule has 282 valence electrons. The number of imide groups is 1. The number of fused-ring (bicyclic) bond motifs is 3. The zero-order chi connectivity index (χ0) is 37.8. The van der Waals surface area contributed by atoms with E-state index in [1.165, 1.54) is 0 Å². The van der Waals surface area contributed by atoms with E-state index in [9.17, 15) is 19.2 Å². The minimum atomic E-state index is -0.655. The van der Waals surface area contributed by atoms with Gasteiger partial charge in [0.2, 0.25) is 17.2 Å². The number of methoxy groups -OCH3 is 1. The molecule has 3 fully saturated rings. The number of benzene rings is 3. The standard InChI is InChI=1S/C42H41ClN6O6/c1-54-35-22-28(21-30-31(35)24-49(42(30)53)33-9-10-36(50)45-41(33)52)47-15-12-25(13-16-47)23-46-17-19-48(20-18-46)27-7-5-26(6-8-27)29-11-14-44-38-39(51)37-32(43)3-2-4-34(37)55-40(29)38/h2-8,11,14,21-22,25,33H,9-10,12-13,15-20,23-24H2,1H3,(H,45,50,52). The first-order valence-electron chi connectivity index (χ1n) is 18.9. The maximum absolute atomic E-state index is 13.5. The van der Waals surface area contributed by atoms with E-state index in [-0.39, 0.29) is 29.2 Å². The molecular weight excluding hydrogens is 720 g/mol. The van der Waals surface area contributed by atoms with Crippen LogP contribution in [0.3, 0.4) is 0 Å². The van der Waals surface area contributed by atoms with Gasteiger partial charge >= 0.3 is 0 Å². The van der Waals surface area contributed by atoms with Gasteiger partial charge in [0.05, 0.1) is 29.6 Å². The van der Waals surface area contributed by atoms with Crippen LogP contribution in [0.2, 0.25) is 5.02 Å². The van der Waals surface area contributed by atoms with Crippen molar-refractivity contribution in [2.45, 2.75) is 38.3 Å². The van der Waals surface area contributed by atoms with Crippen LogP contribution in [0.15, 0.2) is 76.1 Å². The molecule has 55 heavy (non-hydrogen) atoms. The molecule has 2 aromatic heterocycles. The highest BCUT2D eigenvalue weighted by atomic mass is 35.5. The van der Waals surface area contributed by atoms with Gasteiger partial charge in [0, 0.05) is 87.0 Å². The summed E-state index contributed by atoms with van der Waals surface area (Å²) in [5.41, 5.74) is 6.19. The van der Waals surface area contributed by atoms with Crippen molar-refractivity contribution in [2.24, 2.45) is 5.92 Å². The van der Waals surface area contributed by atoms with E-state index in [2.05, 4.69) is 49.3 Å². The molecule has 3 amide bonds. The van der Waals surface area contributed by atoms with Crippen LogP contribution >= 0.6 is 11.6 Å². The Balaban J connectivity index is 0.801. The number of ether oxygens (including phenoxy) is 1. The van der Waals surface area contributed by atoms with E-state index >= 15 is 0 Å². The monoisotopic (exact) mass is 760 g/mol. The summed E-state index contributed by atoms with van der Waals surface area (Å²) in [5.74, 6) is 0.348. The third kappa shape index (κ3) is 6.46. The van der Waals surface area contributed by atoms with Gasteiger partial charge in [-0.25, -0.2) is 4.98 Å². The number of rotatable bonds is 7. The second-order valence-electron chi connectivity index (χ2n) is 14.9. The van der Waals surface area contributed by atoms with Crippen molar-refractivity contribution in [3.63, 3.8) is 0 Å². The molecule has 12 nitrogen and oxygen atoms in total. The lowest BCUT2D eigenvalue weighted by atomic mass is 9.95. The van der Waals surface area contributed by atoms with Gasteiger partial charge < -0.3 is 23.9 Å². The molecule has 0 aliphatic carbocycles. The Kier molecular flexibility index (Phi) is 9.18. The summed E-state index contributed by atoms with van der Waals surface area (Å²) in [6.45, 7) is 7.01. The maximum Gasteiger partial charge on any atom is 0.255 e. The molecule has 3 aromatic carbocycles. The number of nitrogens with zero attached hydrogens (tertiary/aromatic N) is 5. The van der Waals surface area contributed by atoms with Crippen molar-refractivity contribution >= 4 is 62.8 Å². The van der Waals surface area contributed by atoms with Crippen LogP contribution < -0.4 is 25.3 Å². The zero-order valence-electron chi connectivity index (χ0n) is 30.6. The molecule has 9 rings (SSSR count). The molecule has 4 aliphatic rings. The summed E-state index contributed by atoms with van der Waals surface area (Å²) in [5, 5.41) is 3.07. The van der Waals surface area contributed by atoms with E-state index in [1.807, 2.05) is 18.2 Å². The van der Waals surface area contributed by atoms with Crippen LogP contribution in [0.25, 0.3) is 33.2 Å². The van der Waals surface area contributed by atoms with E-state index < -0.39 is 11.9 Å². The number of anilines is 2. The van der Waals surface area contributed by atoms with Gasteiger partial charge in [-0.1, -0.05) is 29.8 Å². The van der Waals surface area contributed by atoms with Gasteiger partial charge in [-0.15, -0.1) is 0 Å². The van der Waals surface area contributed by atoms with Gasteiger partial charge in [0.25, 0.3) is 5.91 Å². The van der Waals surface area contributed by atoms with E-state index in [0.717, 1.165) is 86.7 Å². The lowest BCUT2D eigenvalue weighted by Crippen LogP contribution is -2.52. The third-order valence-electron chi connectivity index (χ3n) is 11.8. The van der Waals surface area contributed by atoms with E-state index in [1.54, 1.807) is 36.4 Å². The first kappa shape index (κ1) is 35.3. The Bertz CT molecular complexity index is 2400. The van der Waals surface area contributed by atoms with Crippen molar-refractivity contribution in [3.05, 3.63) is 93.2 Å². The van der Waals surface area contributed by atoms with Crippen molar-refractivity contribution in [3.8, 4) is 16.9 Å². The summed E-state index contributed by atoms with van der Waals surface area (Å²) in [4.78, 5) is 64.3. The number of nitrogens with one attached hydrogen (secondary N) is 1. The van der Waals surface area contributed by atoms with Gasteiger partial charge in [-0.2, -0.15) is 0 Å². The van der Waals surface area contributed by atoms with Crippen LogP contribution in [0.1, 0.15) is 41.6 Å². The number of halogens is 1. The number of piperazine rings is 1. The van der Waals surface area contributed by atoms with E-state index in [0.29, 0.717) is 51.8 Å². The summed E-state index contributed by atoms with van der Waals surface area (Å²) in [6, 6.07) is 18.8. The average molecular weight is 761 g/mol. The highest BCUT2D eigenvalue weighted by molar-refractivity contribution is 6.35. The van der Waals surface area contributed by atoms with Crippen molar-refractivity contribution in [2.75, 3.05) is 62.7 Å². The quantitative estimate of drug-likeness (QED) is 0.169. The normalized spacial score (nSPS) is 19.7. The van der Waals surface area contributed by atoms with Crippen molar-refractivity contribution in [1.29, 1.82) is 0 Å². The Morgan fingerprint density at radius 1 is 0.873 bits per heavy atom. The SMILES string of the molecule is COc1cc(N2CCC(CN3CCN(c4ccc(-c5ccnc6c(=O)c7c(Cl)cccc7oc56)cc4)CC3)CC2)cc2c1CN(C1CCC(=O)NC1=O)C2=O. The summed E-state index contributed by atoms with van der Waals surface area (Å²) in [6.07, 6.45) is 4.31. The number of pyridine rings is 1. The van der Waals surface area contributed by atoms with Gasteiger partial charge in [0.15, 0.2) is 11.1 Å². The minimum Gasteiger partial charge on any atom is -0.496 e. The van der Waals surface area contributed by atoms with Gasteiger partial charge in [-0.05, 0) is 67.1 Å². The lowest BCUT2D eigenvalue weighted by Gasteiger charge is -2.40. The fourth-order valence-electron chi connectivity index (χ4n) is 8.74. The molecule has 5 aromatic rings. The van der Waals surface area contributed by atoms with Gasteiger partial charge in [-0.3, -0.25) is 29.4 Å². The van der Waals surface area contributed by atoms with Crippen molar-refractivity contribution in [1.82, 2.24) is 20.1 Å². The summed E-state index contributed by atoms with van der Waals surface area (Å²) >= 11 is 6.32. The summed E-state index contributed by atoms with van der Waals surface area (Å²) in [7, 11) is 1.62. The second kappa shape index (κ2) is 14.3. The molecule has 0 saturated carbocycles. The fourth-order valence-corrected chi connectivity index (χ4v) is 8.99. The number of hydrogen-bond donors (Lipinski definition) is 1. The number of carbonyl (C=O) groups is 3. The molecule has 0 bridgehead atoms. The molecule has 1 unspecified atom stereocenters. The number of piperidine rings is 2. The molecule has 1 atom stereocenters. The lowest BCUT2D eigenvalue weighted by molar-refractivity contribution is -0.136. The highest BCUT2D eigenvalue weighted by Crippen LogP contribution is 2.39. The molecule has 13 heteroatoms. The largest absolute Gasteiger partial charge is 0.496 e. The predicted molar refractivity (Wildman–Crippen MR) is 211 cm³/mol. The van der Waals surface area contributed by atoms with Crippen molar-refractivity contribution < 1.29 is 23.5 Å². The molecule has 6 heterocycles. The van der Waals surface area contributed by atoms with Crippen LogP contribution in [0, 0.1) is 5.92 Å². The molecular formula is C42H41ClN6O6. The topological polar surface area (TPSA) is 129 Å². The van der Waals surface area contributed by atoms with Crippen LogP contribution in [-0.2, 0) is 16.1 Å². The second-order valence-corrected chi connectivity index (χ2v) is 15.3. The number of aromatic nitrogens is 1. The highest BCUT2D eigenvalue weighted by Gasteiger charge is 2.41. The molecule has 1 N–H and O–H groups in total. The Morgan fingerprint density at radius 2 is 1.64 bits per heavy atom. The smallest absolute Gasteiger partial charge is 0.255 e. The predicted octanol–water partition coefficient (Wildman–Crippen LogP) is 5.47. The first-order valence-corrected chi connectivity index (χ1v) is 19.3. The Hall–Kier alpha value is -5.46. The minimum absolute atomic E-state index is 0.188. The maximum atomic E-state index is 13.5. The molecule has 0 radical (unpaired) electrons. The van der Waals surface area contributed by atoms with E-state index in [4.69, 9.17) is 20.8 Å². The average Bonchev–Trinajstić information content (AvgIpc) is 3.53. The molecule has 4 aliphatic heterocycles. The zero-order valence-corrected chi connectivity index (χ0v) is 31.3. The Labute approximate surface area is 322 Å². The third-order valence-corrected chi connectivity index (χ3v) is 12.1. The Morgan fingerprint density at radius 3 is 2.38 bits per heavy atom. The first-order chi connectivity index (χ1) is 26.7. The fraction of sp³-hybridized carbons (Fsp3) is 0.357. The number of hydrogen-bond acceptors (Lipinski definition) is 10. The van der Waals surface area contributed by atoms with Gasteiger partial charge in [0.1, 0.15) is 17.4 Å². The van der Waals surface area contributed by atoms with Crippen LogP contribution in [0.5, 0.6) is 5.75 Å². The number of amides is 3. The summed E-state index contributed by atoms with van der Waals surface area (Å²) < 4.78 is 11.9. The number of carbonyl (C=O) groups excluding carboxylic acids is 3. The molecule has 3 saturated heterocycles. The molecule has 0 spiro atoms. The van der Waals surface area contributed by atoms with Crippen LogP contribution in [-0.4, -0.2) is 91.5 Å². The van der Waals surface area contributed by atoms with Crippen LogP contribution in [0.4, 0.5) is 11.4 Å².